The maximum absolute atomic E-state index is 5.42. The third-order valence-corrected chi connectivity index (χ3v) is 2.48. The highest BCUT2D eigenvalue weighted by Crippen LogP contribution is 2.24. The third kappa shape index (κ3) is 1.78. The van der Waals surface area contributed by atoms with Gasteiger partial charge in [0.05, 0.1) is 0 Å². The fraction of sp³-hybridized carbons (Fsp3) is 0.273. The van der Waals surface area contributed by atoms with E-state index in [0.717, 1.165) is 16.7 Å². The first-order valence-electron chi connectivity index (χ1n) is 4.47. The summed E-state index contributed by atoms with van der Waals surface area (Å²) in [7, 11) is 0. The highest BCUT2D eigenvalue weighted by Gasteiger charge is 2.01. The Morgan fingerprint density at radius 1 is 1.31 bits per heavy atom. The monoisotopic (exact) mass is 238 g/mol. The Hall–Kier alpha value is -0.760. The molecule has 1 heterocycles. The second-order valence-electron chi connectivity index (χ2n) is 3.17. The first-order valence-corrected chi connectivity index (χ1v) is 5.27. The molecular formula is C11H11BrO. The number of fused-ring (bicyclic) bond motifs is 1. The predicted molar refractivity (Wildman–Crippen MR) is 57.9 cm³/mol. The molecule has 0 atom stereocenters. The summed E-state index contributed by atoms with van der Waals surface area (Å²) in [6.45, 7) is 2.19. The summed E-state index contributed by atoms with van der Waals surface area (Å²) in [5, 5.41) is 1.18. The molecule has 0 aliphatic heterocycles. The zero-order valence-electron chi connectivity index (χ0n) is 7.51. The molecular weight excluding hydrogens is 228 g/mol. The van der Waals surface area contributed by atoms with Crippen molar-refractivity contribution < 1.29 is 4.42 Å². The van der Waals surface area contributed by atoms with Crippen LogP contribution in [0.15, 0.2) is 33.4 Å². The Bertz CT molecular complexity index is 417. The third-order valence-electron chi connectivity index (χ3n) is 2.09. The van der Waals surface area contributed by atoms with Crippen molar-refractivity contribution in [2.24, 2.45) is 0 Å². The first-order chi connectivity index (χ1) is 6.29. The summed E-state index contributed by atoms with van der Waals surface area (Å²) in [6, 6.07) is 8.36. The molecule has 0 bridgehead atoms. The zero-order valence-corrected chi connectivity index (χ0v) is 9.10. The smallest absolute Gasteiger partial charge is 0.170 e. The van der Waals surface area contributed by atoms with Crippen molar-refractivity contribution in [1.82, 2.24) is 0 Å². The van der Waals surface area contributed by atoms with E-state index >= 15 is 0 Å². The quantitative estimate of drug-likeness (QED) is 0.767. The Kier molecular flexibility index (Phi) is 2.40. The van der Waals surface area contributed by atoms with Gasteiger partial charge in [-0.05, 0) is 46.1 Å². The predicted octanol–water partition coefficient (Wildman–Crippen LogP) is 4.15. The minimum absolute atomic E-state index is 0.802. The van der Waals surface area contributed by atoms with Crippen LogP contribution in [0.3, 0.4) is 0 Å². The summed E-state index contributed by atoms with van der Waals surface area (Å²) >= 11 is 3.32. The molecule has 2 rings (SSSR count). The van der Waals surface area contributed by atoms with E-state index in [2.05, 4.69) is 35.0 Å². The topological polar surface area (TPSA) is 13.1 Å². The number of hydrogen-bond donors (Lipinski definition) is 0. The van der Waals surface area contributed by atoms with Gasteiger partial charge in [-0.3, -0.25) is 0 Å². The van der Waals surface area contributed by atoms with Crippen LogP contribution in [0.4, 0.5) is 0 Å². The number of rotatable bonds is 2. The number of halogens is 1. The molecule has 0 spiro atoms. The summed E-state index contributed by atoms with van der Waals surface area (Å²) in [5.41, 5.74) is 2.33. The molecule has 0 N–H and O–H groups in total. The van der Waals surface area contributed by atoms with Gasteiger partial charge in [-0.1, -0.05) is 19.4 Å². The normalized spacial score (nSPS) is 10.9. The minimum atomic E-state index is 0.802. The standard InChI is InChI=1S/C11H11BrO/c1-2-3-8-4-5-10-9(6-8)7-11(12)13-10/h4-7H,2-3H2,1H3. The van der Waals surface area contributed by atoms with E-state index in [1.54, 1.807) is 0 Å². The SMILES string of the molecule is CCCc1ccc2oc(Br)cc2c1. The maximum atomic E-state index is 5.42. The molecule has 0 fully saturated rings. The molecule has 13 heavy (non-hydrogen) atoms. The summed E-state index contributed by atoms with van der Waals surface area (Å²) in [4.78, 5) is 0. The van der Waals surface area contributed by atoms with Gasteiger partial charge in [0.1, 0.15) is 5.58 Å². The molecule has 0 radical (unpaired) electrons. The van der Waals surface area contributed by atoms with Gasteiger partial charge in [-0.15, -0.1) is 0 Å². The molecule has 0 amide bonds. The molecule has 0 saturated heterocycles. The van der Waals surface area contributed by atoms with Crippen LogP contribution in [0.2, 0.25) is 0 Å². The van der Waals surface area contributed by atoms with E-state index < -0.39 is 0 Å². The van der Waals surface area contributed by atoms with Gasteiger partial charge >= 0.3 is 0 Å². The van der Waals surface area contributed by atoms with Gasteiger partial charge in [0.25, 0.3) is 0 Å². The molecule has 1 aromatic heterocycles. The van der Waals surface area contributed by atoms with Crippen molar-refractivity contribution in [3.05, 3.63) is 34.5 Å². The summed E-state index contributed by atoms with van der Waals surface area (Å²) in [5.74, 6) is 0. The second kappa shape index (κ2) is 3.54. The van der Waals surface area contributed by atoms with Crippen molar-refractivity contribution in [2.45, 2.75) is 19.8 Å². The molecule has 2 heteroatoms. The van der Waals surface area contributed by atoms with Gasteiger partial charge in [0.15, 0.2) is 4.67 Å². The molecule has 0 unspecified atom stereocenters. The highest BCUT2D eigenvalue weighted by atomic mass is 79.9. The van der Waals surface area contributed by atoms with Crippen LogP contribution >= 0.6 is 15.9 Å². The Labute approximate surface area is 85.9 Å². The van der Waals surface area contributed by atoms with E-state index in [1.807, 2.05) is 12.1 Å². The zero-order chi connectivity index (χ0) is 9.26. The van der Waals surface area contributed by atoms with E-state index in [0.29, 0.717) is 0 Å². The van der Waals surface area contributed by atoms with E-state index in [-0.39, 0.29) is 0 Å². The molecule has 68 valence electrons. The van der Waals surface area contributed by atoms with Gasteiger partial charge < -0.3 is 4.42 Å². The fourth-order valence-electron chi connectivity index (χ4n) is 1.50. The van der Waals surface area contributed by atoms with Gasteiger partial charge in [-0.25, -0.2) is 0 Å². The van der Waals surface area contributed by atoms with Gasteiger partial charge in [-0.2, -0.15) is 0 Å². The summed E-state index contributed by atoms with van der Waals surface area (Å²) < 4.78 is 6.22. The van der Waals surface area contributed by atoms with E-state index in [9.17, 15) is 0 Å². The largest absolute Gasteiger partial charge is 0.449 e. The molecule has 1 aromatic carbocycles. The van der Waals surface area contributed by atoms with Crippen LogP contribution in [0.5, 0.6) is 0 Å². The first kappa shape index (κ1) is 8.82. The van der Waals surface area contributed by atoms with Crippen LogP contribution in [0, 0.1) is 0 Å². The number of benzene rings is 1. The van der Waals surface area contributed by atoms with Crippen LogP contribution < -0.4 is 0 Å². The van der Waals surface area contributed by atoms with E-state index in [4.69, 9.17) is 4.42 Å². The van der Waals surface area contributed by atoms with Gasteiger partial charge in [0, 0.05) is 5.39 Å². The van der Waals surface area contributed by atoms with Crippen molar-refractivity contribution >= 4 is 26.9 Å². The summed E-state index contributed by atoms with van der Waals surface area (Å²) in [6.07, 6.45) is 2.32. The van der Waals surface area contributed by atoms with Gasteiger partial charge in [0.2, 0.25) is 0 Å². The lowest BCUT2D eigenvalue weighted by molar-refractivity contribution is 0.587. The van der Waals surface area contributed by atoms with Crippen molar-refractivity contribution in [1.29, 1.82) is 0 Å². The lowest BCUT2D eigenvalue weighted by Gasteiger charge is -1.96. The fourth-order valence-corrected chi connectivity index (χ4v) is 1.93. The maximum Gasteiger partial charge on any atom is 0.170 e. The van der Waals surface area contributed by atoms with Crippen molar-refractivity contribution in [3.63, 3.8) is 0 Å². The number of furan rings is 1. The number of aryl methyl sites for hydroxylation is 1. The van der Waals surface area contributed by atoms with Crippen molar-refractivity contribution in [3.8, 4) is 0 Å². The van der Waals surface area contributed by atoms with E-state index in [1.165, 1.54) is 17.4 Å². The highest BCUT2D eigenvalue weighted by molar-refractivity contribution is 9.10. The average Bonchev–Trinajstić information content (AvgIpc) is 2.44. The second-order valence-corrected chi connectivity index (χ2v) is 3.95. The van der Waals surface area contributed by atoms with Crippen LogP contribution in [0.1, 0.15) is 18.9 Å². The lowest BCUT2D eigenvalue weighted by Crippen LogP contribution is -1.80. The molecule has 0 saturated carbocycles. The molecule has 2 aromatic rings. The Morgan fingerprint density at radius 2 is 2.15 bits per heavy atom. The van der Waals surface area contributed by atoms with Crippen LogP contribution in [-0.4, -0.2) is 0 Å². The molecule has 0 aliphatic carbocycles. The Morgan fingerprint density at radius 3 is 2.92 bits per heavy atom. The molecule has 0 aliphatic rings. The number of hydrogen-bond acceptors (Lipinski definition) is 1. The lowest BCUT2D eigenvalue weighted by atomic mass is 10.1. The van der Waals surface area contributed by atoms with Crippen LogP contribution in [-0.2, 0) is 6.42 Å². The molecule has 1 nitrogen and oxygen atoms in total. The van der Waals surface area contributed by atoms with Crippen molar-refractivity contribution in [2.75, 3.05) is 0 Å². The minimum Gasteiger partial charge on any atom is -0.449 e. The average molecular weight is 239 g/mol. The van der Waals surface area contributed by atoms with Crippen LogP contribution in [0.25, 0.3) is 11.0 Å². The Balaban J connectivity index is 2.48.